The number of methoxy groups -OCH3 is 2. The van der Waals surface area contributed by atoms with Gasteiger partial charge in [0.05, 0.1) is 36.4 Å². The number of hydrazone groups is 1. The molecule has 2 aromatic heterocycles. The lowest BCUT2D eigenvalue weighted by molar-refractivity contribution is -0.133. The molecule has 0 bridgehead atoms. The average Bonchev–Trinajstić information content (AvgIpc) is 3.58. The molecule has 5 rings (SSSR count). The fourth-order valence-corrected chi connectivity index (χ4v) is 4.61. The summed E-state index contributed by atoms with van der Waals surface area (Å²) < 4.78 is 12.5. The van der Waals surface area contributed by atoms with Crippen molar-refractivity contribution in [2.75, 3.05) is 14.2 Å². The van der Waals surface area contributed by atoms with Gasteiger partial charge in [-0.05, 0) is 41.3 Å². The Morgan fingerprint density at radius 3 is 2.72 bits per heavy atom. The predicted molar refractivity (Wildman–Crippen MR) is 122 cm³/mol. The van der Waals surface area contributed by atoms with Crippen LogP contribution in [0.15, 0.2) is 65.1 Å². The SMILES string of the molecule is COc1ccc([C@H]2CC(c3cccs3)=NN2C(=O)Cn2nnc3ccccc32)cc1OC. The number of nitrogens with zero attached hydrogens (tertiary/aromatic N) is 5. The minimum atomic E-state index is -0.255. The molecule has 0 unspecified atom stereocenters. The van der Waals surface area contributed by atoms with Crippen molar-refractivity contribution in [2.24, 2.45) is 5.10 Å². The molecule has 1 atom stereocenters. The first-order valence-corrected chi connectivity index (χ1v) is 11.0. The Labute approximate surface area is 188 Å². The quantitative estimate of drug-likeness (QED) is 0.448. The number of ether oxygens (including phenoxy) is 2. The molecule has 2 aromatic carbocycles. The number of aromatic nitrogens is 3. The summed E-state index contributed by atoms with van der Waals surface area (Å²) in [7, 11) is 3.20. The molecule has 8 nitrogen and oxygen atoms in total. The van der Waals surface area contributed by atoms with Gasteiger partial charge < -0.3 is 9.47 Å². The first kappa shape index (κ1) is 20.2. The van der Waals surface area contributed by atoms with Crippen molar-refractivity contribution in [3.8, 4) is 11.5 Å². The standard InChI is InChI=1S/C23H21N5O3S/c1-30-20-10-9-15(12-21(20)31-2)19-13-17(22-8-5-11-32-22)25-28(19)23(29)14-27-18-7-4-3-6-16(18)24-26-27/h3-12,19H,13-14H2,1-2H3/t19-/m1/s1. The Hall–Kier alpha value is -3.72. The number of rotatable bonds is 6. The molecule has 1 aliphatic heterocycles. The van der Waals surface area contributed by atoms with Gasteiger partial charge in [-0.2, -0.15) is 5.10 Å². The van der Waals surface area contributed by atoms with Gasteiger partial charge in [0.2, 0.25) is 0 Å². The summed E-state index contributed by atoms with van der Waals surface area (Å²) in [6, 6.07) is 17.0. The minimum Gasteiger partial charge on any atom is -0.493 e. The van der Waals surface area contributed by atoms with Crippen molar-refractivity contribution < 1.29 is 14.3 Å². The largest absolute Gasteiger partial charge is 0.493 e. The monoisotopic (exact) mass is 447 g/mol. The number of carbonyl (C=O) groups is 1. The molecule has 32 heavy (non-hydrogen) atoms. The first-order valence-electron chi connectivity index (χ1n) is 10.1. The second-order valence-corrected chi connectivity index (χ2v) is 8.28. The van der Waals surface area contributed by atoms with Crippen LogP contribution in [0.2, 0.25) is 0 Å². The fraction of sp³-hybridized carbons (Fsp3) is 0.217. The van der Waals surface area contributed by atoms with Crippen LogP contribution in [-0.4, -0.2) is 45.8 Å². The van der Waals surface area contributed by atoms with Crippen LogP contribution in [0.1, 0.15) is 22.9 Å². The van der Waals surface area contributed by atoms with E-state index in [-0.39, 0.29) is 18.5 Å². The van der Waals surface area contributed by atoms with E-state index in [1.165, 1.54) is 0 Å². The van der Waals surface area contributed by atoms with Crippen LogP contribution in [0.25, 0.3) is 11.0 Å². The molecule has 0 spiro atoms. The zero-order valence-corrected chi connectivity index (χ0v) is 18.5. The van der Waals surface area contributed by atoms with E-state index < -0.39 is 0 Å². The van der Waals surface area contributed by atoms with Gasteiger partial charge in [0.15, 0.2) is 11.5 Å². The Morgan fingerprint density at radius 2 is 1.94 bits per heavy atom. The smallest absolute Gasteiger partial charge is 0.265 e. The van der Waals surface area contributed by atoms with E-state index in [2.05, 4.69) is 10.3 Å². The van der Waals surface area contributed by atoms with Crippen LogP contribution in [0.4, 0.5) is 0 Å². The van der Waals surface area contributed by atoms with Gasteiger partial charge in [-0.1, -0.05) is 29.5 Å². The van der Waals surface area contributed by atoms with Crippen LogP contribution in [0, 0.1) is 0 Å². The van der Waals surface area contributed by atoms with Crippen LogP contribution in [0.5, 0.6) is 11.5 Å². The summed E-state index contributed by atoms with van der Waals surface area (Å²) in [5.41, 5.74) is 3.37. The maximum atomic E-state index is 13.4. The lowest BCUT2D eigenvalue weighted by Crippen LogP contribution is -2.30. The Morgan fingerprint density at radius 1 is 1.09 bits per heavy atom. The van der Waals surface area contributed by atoms with Gasteiger partial charge in [-0.25, -0.2) is 9.69 Å². The predicted octanol–water partition coefficient (Wildman–Crippen LogP) is 3.89. The van der Waals surface area contributed by atoms with E-state index >= 15 is 0 Å². The van der Waals surface area contributed by atoms with Gasteiger partial charge in [0.1, 0.15) is 12.1 Å². The zero-order valence-electron chi connectivity index (χ0n) is 17.6. The summed E-state index contributed by atoms with van der Waals surface area (Å²) in [5.74, 6) is 1.09. The number of benzene rings is 2. The fourth-order valence-electron chi connectivity index (χ4n) is 3.89. The van der Waals surface area contributed by atoms with Crippen molar-refractivity contribution in [2.45, 2.75) is 19.0 Å². The van der Waals surface area contributed by atoms with Crippen molar-refractivity contribution in [3.63, 3.8) is 0 Å². The van der Waals surface area contributed by atoms with Crippen LogP contribution < -0.4 is 9.47 Å². The van der Waals surface area contributed by atoms with Gasteiger partial charge in [-0.15, -0.1) is 16.4 Å². The number of hydrogen-bond acceptors (Lipinski definition) is 7. The summed E-state index contributed by atoms with van der Waals surface area (Å²) in [5, 5.41) is 16.6. The number of fused-ring (bicyclic) bond motifs is 1. The molecule has 1 amide bonds. The Bertz CT molecular complexity index is 1300. The summed E-state index contributed by atoms with van der Waals surface area (Å²) in [4.78, 5) is 14.5. The molecule has 0 radical (unpaired) electrons. The number of thiophene rings is 1. The highest BCUT2D eigenvalue weighted by atomic mass is 32.1. The van der Waals surface area contributed by atoms with E-state index in [9.17, 15) is 4.79 Å². The normalized spacial score (nSPS) is 15.8. The van der Waals surface area contributed by atoms with Crippen LogP contribution >= 0.6 is 11.3 Å². The first-order chi connectivity index (χ1) is 15.7. The highest BCUT2D eigenvalue weighted by molar-refractivity contribution is 7.12. The van der Waals surface area contributed by atoms with Crippen molar-refractivity contribution in [1.29, 1.82) is 0 Å². The second-order valence-electron chi connectivity index (χ2n) is 7.33. The molecule has 1 aliphatic rings. The van der Waals surface area contributed by atoms with Gasteiger partial charge >= 0.3 is 0 Å². The molecule has 0 saturated carbocycles. The molecular formula is C23H21N5O3S. The van der Waals surface area contributed by atoms with E-state index in [4.69, 9.17) is 14.6 Å². The molecule has 0 N–H and O–H groups in total. The lowest BCUT2D eigenvalue weighted by Gasteiger charge is -2.23. The van der Waals surface area contributed by atoms with Gasteiger partial charge in [0, 0.05) is 6.42 Å². The van der Waals surface area contributed by atoms with Crippen LogP contribution in [-0.2, 0) is 11.3 Å². The van der Waals surface area contributed by atoms with Crippen LogP contribution in [0.3, 0.4) is 0 Å². The Balaban J connectivity index is 1.49. The summed E-state index contributed by atoms with van der Waals surface area (Å²) >= 11 is 1.61. The number of para-hydroxylation sites is 1. The molecule has 0 saturated heterocycles. The average molecular weight is 448 g/mol. The highest BCUT2D eigenvalue weighted by Gasteiger charge is 2.34. The van der Waals surface area contributed by atoms with E-state index in [1.54, 1.807) is 35.2 Å². The maximum Gasteiger partial charge on any atom is 0.265 e. The second kappa shape index (κ2) is 8.43. The van der Waals surface area contributed by atoms with Gasteiger partial charge in [0.25, 0.3) is 5.91 Å². The third-order valence-corrected chi connectivity index (χ3v) is 6.39. The summed E-state index contributed by atoms with van der Waals surface area (Å²) in [6.45, 7) is 0.0471. The highest BCUT2D eigenvalue weighted by Crippen LogP contribution is 2.38. The molecule has 162 valence electrons. The van der Waals surface area contributed by atoms with Crippen molar-refractivity contribution in [3.05, 3.63) is 70.4 Å². The summed E-state index contributed by atoms with van der Waals surface area (Å²) in [6.07, 6.45) is 0.611. The lowest BCUT2D eigenvalue weighted by atomic mass is 10.0. The third kappa shape index (κ3) is 3.60. The van der Waals surface area contributed by atoms with Crippen molar-refractivity contribution in [1.82, 2.24) is 20.0 Å². The zero-order chi connectivity index (χ0) is 22.1. The third-order valence-electron chi connectivity index (χ3n) is 5.47. The van der Waals surface area contributed by atoms with E-state index in [1.807, 2.05) is 60.0 Å². The Kier molecular flexibility index (Phi) is 5.32. The number of carbonyl (C=O) groups excluding carboxylic acids is 1. The number of hydrogen-bond donors (Lipinski definition) is 0. The molecule has 0 fully saturated rings. The maximum absolute atomic E-state index is 13.4. The molecule has 9 heteroatoms. The molecule has 0 aliphatic carbocycles. The van der Waals surface area contributed by atoms with Crippen molar-refractivity contribution >= 4 is 34.0 Å². The minimum absolute atomic E-state index is 0.0471. The number of amides is 1. The van der Waals surface area contributed by atoms with E-state index in [0.717, 1.165) is 27.2 Å². The molecular weight excluding hydrogens is 426 g/mol. The topological polar surface area (TPSA) is 81.8 Å². The van der Waals surface area contributed by atoms with Gasteiger partial charge in [-0.3, -0.25) is 4.79 Å². The molecule has 3 heterocycles. The molecule has 4 aromatic rings. The van der Waals surface area contributed by atoms with E-state index in [0.29, 0.717) is 17.9 Å².